The fourth-order valence-electron chi connectivity index (χ4n) is 3.01. The summed E-state index contributed by atoms with van der Waals surface area (Å²) in [7, 11) is 1.81. The van der Waals surface area contributed by atoms with Crippen molar-refractivity contribution in [1.29, 1.82) is 0 Å². The van der Waals surface area contributed by atoms with Crippen molar-refractivity contribution >= 4 is 32.6 Å². The number of fused-ring (bicyclic) bond motifs is 1. The summed E-state index contributed by atoms with van der Waals surface area (Å²) in [5.41, 5.74) is 1.54. The Balaban J connectivity index is 1.37. The third-order valence-electron chi connectivity index (χ3n) is 4.33. The number of aromatic nitrogens is 3. The van der Waals surface area contributed by atoms with E-state index in [2.05, 4.69) is 27.4 Å². The lowest BCUT2D eigenvalue weighted by Gasteiger charge is -2.31. The molecule has 1 fully saturated rings. The van der Waals surface area contributed by atoms with E-state index >= 15 is 0 Å². The molecular formula is C17H19N5OS. The first-order valence-corrected chi connectivity index (χ1v) is 8.92. The Kier molecular flexibility index (Phi) is 3.93. The average Bonchev–Trinajstić information content (AvgIpc) is 3.21. The van der Waals surface area contributed by atoms with Gasteiger partial charge in [0.05, 0.1) is 10.2 Å². The average molecular weight is 341 g/mol. The molecule has 1 aliphatic heterocycles. The highest BCUT2D eigenvalue weighted by molar-refractivity contribution is 7.22. The summed E-state index contributed by atoms with van der Waals surface area (Å²) in [6, 6.07) is 10.2. The van der Waals surface area contributed by atoms with E-state index in [-0.39, 0.29) is 11.9 Å². The van der Waals surface area contributed by atoms with Crippen LogP contribution in [0.5, 0.6) is 0 Å². The number of thiazole rings is 1. The van der Waals surface area contributed by atoms with Crippen LogP contribution in [0, 0.1) is 0 Å². The van der Waals surface area contributed by atoms with Gasteiger partial charge in [-0.15, -0.1) is 0 Å². The summed E-state index contributed by atoms with van der Waals surface area (Å²) >= 11 is 1.73. The molecule has 7 heteroatoms. The van der Waals surface area contributed by atoms with Gasteiger partial charge in [0, 0.05) is 32.4 Å². The monoisotopic (exact) mass is 341 g/mol. The van der Waals surface area contributed by atoms with Crippen molar-refractivity contribution < 1.29 is 4.79 Å². The molecule has 0 unspecified atom stereocenters. The zero-order valence-corrected chi connectivity index (χ0v) is 14.3. The zero-order chi connectivity index (χ0) is 16.5. The van der Waals surface area contributed by atoms with Crippen LogP contribution >= 0.6 is 11.3 Å². The predicted octanol–water partition coefficient (Wildman–Crippen LogP) is 2.43. The standard InChI is InChI=1S/C17H19N5OS/c1-21-9-8-14(20-21)16(23)18-12-6-10-22(11-7-12)17-19-13-4-2-3-5-15(13)24-17/h2-5,8-9,12H,6-7,10-11H2,1H3,(H,18,23). The summed E-state index contributed by atoms with van der Waals surface area (Å²) in [5, 5.41) is 8.31. The number of amides is 1. The molecule has 1 aliphatic rings. The lowest BCUT2D eigenvalue weighted by Crippen LogP contribution is -2.44. The van der Waals surface area contributed by atoms with Crippen molar-refractivity contribution in [2.24, 2.45) is 7.05 Å². The Hall–Kier alpha value is -2.41. The van der Waals surface area contributed by atoms with Gasteiger partial charge in [0.1, 0.15) is 5.69 Å². The number of hydrogen-bond acceptors (Lipinski definition) is 5. The van der Waals surface area contributed by atoms with Crippen LogP contribution in [0.15, 0.2) is 36.5 Å². The van der Waals surface area contributed by atoms with Crippen LogP contribution in [-0.4, -0.2) is 39.8 Å². The number of hydrogen-bond donors (Lipinski definition) is 1. The van der Waals surface area contributed by atoms with Crippen molar-refractivity contribution in [1.82, 2.24) is 20.1 Å². The minimum absolute atomic E-state index is 0.0889. The second-order valence-electron chi connectivity index (χ2n) is 6.07. The molecule has 0 radical (unpaired) electrons. The van der Waals surface area contributed by atoms with Gasteiger partial charge >= 0.3 is 0 Å². The number of rotatable bonds is 3. The topological polar surface area (TPSA) is 63.1 Å². The number of benzene rings is 1. The van der Waals surface area contributed by atoms with Crippen molar-refractivity contribution in [2.45, 2.75) is 18.9 Å². The van der Waals surface area contributed by atoms with Gasteiger partial charge in [-0.25, -0.2) is 4.98 Å². The zero-order valence-electron chi connectivity index (χ0n) is 13.5. The van der Waals surface area contributed by atoms with Gasteiger partial charge in [-0.05, 0) is 31.0 Å². The Morgan fingerprint density at radius 1 is 1.25 bits per heavy atom. The van der Waals surface area contributed by atoms with Gasteiger partial charge in [-0.2, -0.15) is 5.10 Å². The molecule has 0 bridgehead atoms. The second kappa shape index (κ2) is 6.24. The highest BCUT2D eigenvalue weighted by Crippen LogP contribution is 2.30. The molecule has 3 heterocycles. The minimum atomic E-state index is -0.0889. The molecule has 0 atom stereocenters. The van der Waals surface area contributed by atoms with Gasteiger partial charge in [-0.1, -0.05) is 23.5 Å². The number of piperidine rings is 1. The van der Waals surface area contributed by atoms with E-state index in [0.717, 1.165) is 36.6 Å². The molecular weight excluding hydrogens is 322 g/mol. The summed E-state index contributed by atoms with van der Waals surface area (Å²) in [4.78, 5) is 19.2. The van der Waals surface area contributed by atoms with Gasteiger partial charge in [0.2, 0.25) is 0 Å². The quantitative estimate of drug-likeness (QED) is 0.795. The third kappa shape index (κ3) is 2.99. The van der Waals surface area contributed by atoms with Crippen LogP contribution < -0.4 is 10.2 Å². The van der Waals surface area contributed by atoms with E-state index in [9.17, 15) is 4.79 Å². The number of aryl methyl sites for hydroxylation is 1. The maximum Gasteiger partial charge on any atom is 0.271 e. The molecule has 1 N–H and O–H groups in total. The molecule has 4 rings (SSSR count). The van der Waals surface area contributed by atoms with E-state index in [1.54, 1.807) is 28.3 Å². The first-order valence-electron chi connectivity index (χ1n) is 8.10. The summed E-state index contributed by atoms with van der Waals surface area (Å²) in [5.74, 6) is -0.0889. The van der Waals surface area contributed by atoms with Crippen molar-refractivity contribution in [3.8, 4) is 0 Å². The third-order valence-corrected chi connectivity index (χ3v) is 5.43. The predicted molar refractivity (Wildman–Crippen MR) is 95.5 cm³/mol. The van der Waals surface area contributed by atoms with Crippen LogP contribution in [0.25, 0.3) is 10.2 Å². The van der Waals surface area contributed by atoms with Crippen molar-refractivity contribution in [2.75, 3.05) is 18.0 Å². The van der Waals surface area contributed by atoms with E-state index in [4.69, 9.17) is 4.98 Å². The molecule has 0 aliphatic carbocycles. The number of anilines is 1. The molecule has 1 aromatic carbocycles. The van der Waals surface area contributed by atoms with Crippen LogP contribution in [0.3, 0.4) is 0 Å². The fraction of sp³-hybridized carbons (Fsp3) is 0.353. The summed E-state index contributed by atoms with van der Waals surface area (Å²) in [6.45, 7) is 1.82. The van der Waals surface area contributed by atoms with Crippen LogP contribution in [-0.2, 0) is 7.05 Å². The van der Waals surface area contributed by atoms with E-state index in [1.165, 1.54) is 4.70 Å². The molecule has 0 saturated carbocycles. The molecule has 2 aromatic heterocycles. The Morgan fingerprint density at radius 2 is 2.04 bits per heavy atom. The highest BCUT2D eigenvalue weighted by atomic mass is 32.1. The Bertz CT molecular complexity index is 830. The van der Waals surface area contributed by atoms with Crippen LogP contribution in [0.2, 0.25) is 0 Å². The fourth-order valence-corrected chi connectivity index (χ4v) is 4.02. The smallest absolute Gasteiger partial charge is 0.271 e. The normalized spacial score (nSPS) is 15.8. The van der Waals surface area contributed by atoms with Gasteiger partial charge in [0.25, 0.3) is 5.91 Å². The first kappa shape index (κ1) is 15.1. The number of carbonyl (C=O) groups is 1. The number of nitrogens with zero attached hydrogens (tertiary/aromatic N) is 4. The van der Waals surface area contributed by atoms with Crippen molar-refractivity contribution in [3.63, 3.8) is 0 Å². The van der Waals surface area contributed by atoms with E-state index < -0.39 is 0 Å². The minimum Gasteiger partial charge on any atom is -0.348 e. The van der Waals surface area contributed by atoms with Crippen LogP contribution in [0.1, 0.15) is 23.3 Å². The second-order valence-corrected chi connectivity index (χ2v) is 7.08. The van der Waals surface area contributed by atoms with E-state index in [1.807, 2.05) is 19.2 Å². The lowest BCUT2D eigenvalue weighted by atomic mass is 10.1. The molecule has 24 heavy (non-hydrogen) atoms. The lowest BCUT2D eigenvalue weighted by molar-refractivity contribution is 0.0925. The Labute approximate surface area is 144 Å². The van der Waals surface area contributed by atoms with Gasteiger partial charge in [-0.3, -0.25) is 9.48 Å². The maximum absolute atomic E-state index is 12.2. The molecule has 124 valence electrons. The molecule has 6 nitrogen and oxygen atoms in total. The van der Waals surface area contributed by atoms with E-state index in [0.29, 0.717) is 5.69 Å². The number of para-hydroxylation sites is 1. The number of nitrogens with one attached hydrogen (secondary N) is 1. The van der Waals surface area contributed by atoms with Crippen molar-refractivity contribution in [3.05, 3.63) is 42.2 Å². The first-order chi connectivity index (χ1) is 11.7. The SMILES string of the molecule is Cn1ccc(C(=O)NC2CCN(c3nc4ccccc4s3)CC2)n1. The number of carbonyl (C=O) groups excluding carboxylic acids is 1. The largest absolute Gasteiger partial charge is 0.348 e. The molecule has 3 aromatic rings. The summed E-state index contributed by atoms with van der Waals surface area (Å²) in [6.07, 6.45) is 3.63. The van der Waals surface area contributed by atoms with Gasteiger partial charge in [0.15, 0.2) is 5.13 Å². The highest BCUT2D eigenvalue weighted by Gasteiger charge is 2.23. The Morgan fingerprint density at radius 3 is 2.75 bits per heavy atom. The molecule has 1 amide bonds. The van der Waals surface area contributed by atoms with Crippen LogP contribution in [0.4, 0.5) is 5.13 Å². The maximum atomic E-state index is 12.2. The molecule has 1 saturated heterocycles. The van der Waals surface area contributed by atoms with Gasteiger partial charge < -0.3 is 10.2 Å². The molecule has 0 spiro atoms. The summed E-state index contributed by atoms with van der Waals surface area (Å²) < 4.78 is 2.86.